The Kier molecular flexibility index (Phi) is 9.89. The first-order valence-corrected chi connectivity index (χ1v) is 12.9. The van der Waals surface area contributed by atoms with Crippen molar-refractivity contribution < 1.29 is 14.4 Å². The van der Waals surface area contributed by atoms with E-state index in [1.165, 1.54) is 11.0 Å². The van der Waals surface area contributed by atoms with Gasteiger partial charge in [-0.2, -0.15) is 0 Å². The maximum Gasteiger partial charge on any atom is 0.271 e. The summed E-state index contributed by atoms with van der Waals surface area (Å²) in [5.41, 5.74) is 8.86. The number of carbonyl (C=O) groups excluding carboxylic acids is 3. The van der Waals surface area contributed by atoms with E-state index >= 15 is 0 Å². The van der Waals surface area contributed by atoms with Crippen LogP contribution in [0.3, 0.4) is 0 Å². The standard InChI is InChI=1S/C27H38N8O3/c1-6-21-23(18-9-10-18)33-26(24(32-21)25(28)37)31-20-12-13-29-19(16-20)11-14-30-27(38)17(2)35(5)22(36)8-7-15-34(3)4/h7-8,12-13,16-18H,6,9-11,14-15H2,1-5H3,(H2,28,37)(H,30,38)(H,29,31,33)/b8-7+/t17-/m0/s1. The highest BCUT2D eigenvalue weighted by Gasteiger charge is 2.30. The molecule has 11 heteroatoms. The Balaban J connectivity index is 1.60. The Bertz CT molecular complexity index is 1190. The van der Waals surface area contributed by atoms with Crippen molar-refractivity contribution in [1.29, 1.82) is 0 Å². The van der Waals surface area contributed by atoms with Gasteiger partial charge in [-0.3, -0.25) is 19.4 Å². The number of hydrogen-bond acceptors (Lipinski definition) is 8. The molecule has 1 aliphatic carbocycles. The number of primary amides is 1. The molecular formula is C27H38N8O3. The fraction of sp³-hybridized carbons (Fsp3) is 0.481. The van der Waals surface area contributed by atoms with Gasteiger partial charge in [0.15, 0.2) is 11.5 Å². The maximum absolute atomic E-state index is 12.6. The summed E-state index contributed by atoms with van der Waals surface area (Å²) in [5, 5.41) is 6.05. The molecule has 0 aliphatic heterocycles. The molecule has 2 aromatic heterocycles. The molecule has 3 amide bonds. The second-order valence-corrected chi connectivity index (χ2v) is 9.74. The molecule has 0 radical (unpaired) electrons. The van der Waals surface area contributed by atoms with Crippen LogP contribution < -0.4 is 16.4 Å². The Morgan fingerprint density at radius 3 is 2.58 bits per heavy atom. The number of hydrogen-bond donors (Lipinski definition) is 3. The van der Waals surface area contributed by atoms with Crippen LogP contribution >= 0.6 is 0 Å². The van der Waals surface area contributed by atoms with Crippen molar-refractivity contribution >= 4 is 29.2 Å². The summed E-state index contributed by atoms with van der Waals surface area (Å²) in [6.45, 7) is 4.67. The Morgan fingerprint density at radius 1 is 1.21 bits per heavy atom. The second-order valence-electron chi connectivity index (χ2n) is 9.74. The Labute approximate surface area is 223 Å². The molecule has 1 aliphatic rings. The van der Waals surface area contributed by atoms with Gasteiger partial charge in [0.05, 0.1) is 11.4 Å². The van der Waals surface area contributed by atoms with Gasteiger partial charge >= 0.3 is 0 Å². The molecule has 2 heterocycles. The summed E-state index contributed by atoms with van der Waals surface area (Å²) in [5.74, 6) is -0.406. The fourth-order valence-corrected chi connectivity index (χ4v) is 3.83. The van der Waals surface area contributed by atoms with Crippen molar-refractivity contribution in [2.24, 2.45) is 5.73 Å². The third kappa shape index (κ3) is 7.82. The van der Waals surface area contributed by atoms with E-state index in [9.17, 15) is 14.4 Å². The first-order chi connectivity index (χ1) is 18.1. The highest BCUT2D eigenvalue weighted by atomic mass is 16.2. The van der Waals surface area contributed by atoms with Gasteiger partial charge in [0.1, 0.15) is 6.04 Å². The van der Waals surface area contributed by atoms with Crippen LogP contribution in [0.5, 0.6) is 0 Å². The zero-order chi connectivity index (χ0) is 27.8. The van der Waals surface area contributed by atoms with E-state index in [1.807, 2.05) is 32.0 Å². The number of nitrogens with zero attached hydrogens (tertiary/aromatic N) is 5. The molecular weight excluding hydrogens is 484 g/mol. The lowest BCUT2D eigenvalue weighted by Gasteiger charge is -2.23. The van der Waals surface area contributed by atoms with Crippen molar-refractivity contribution in [3.63, 3.8) is 0 Å². The normalized spacial score (nSPS) is 13.9. The molecule has 1 fully saturated rings. The maximum atomic E-state index is 12.6. The molecule has 0 aromatic carbocycles. The lowest BCUT2D eigenvalue weighted by Crippen LogP contribution is -2.45. The Hall–Kier alpha value is -3.86. The monoisotopic (exact) mass is 522 g/mol. The predicted molar refractivity (Wildman–Crippen MR) is 146 cm³/mol. The molecule has 2 aromatic rings. The quantitative estimate of drug-likeness (QED) is 0.337. The lowest BCUT2D eigenvalue weighted by atomic mass is 10.1. The first-order valence-electron chi connectivity index (χ1n) is 12.9. The summed E-state index contributed by atoms with van der Waals surface area (Å²) in [6.07, 6.45) is 8.18. The van der Waals surface area contributed by atoms with Crippen molar-refractivity contribution in [2.45, 2.75) is 51.5 Å². The van der Waals surface area contributed by atoms with Crippen molar-refractivity contribution in [3.05, 3.63) is 53.3 Å². The van der Waals surface area contributed by atoms with Crippen LogP contribution in [0.4, 0.5) is 11.5 Å². The Morgan fingerprint density at radius 2 is 1.95 bits per heavy atom. The van der Waals surface area contributed by atoms with Gasteiger partial charge in [0, 0.05) is 56.1 Å². The minimum Gasteiger partial charge on any atom is -0.364 e. The number of rotatable bonds is 13. The minimum absolute atomic E-state index is 0.112. The fourth-order valence-electron chi connectivity index (χ4n) is 3.83. The molecule has 0 spiro atoms. The molecule has 1 atom stereocenters. The summed E-state index contributed by atoms with van der Waals surface area (Å²) in [7, 11) is 5.43. The van der Waals surface area contributed by atoms with Crippen LogP contribution in [-0.4, -0.2) is 82.7 Å². The van der Waals surface area contributed by atoms with Crippen LogP contribution in [-0.2, 0) is 22.4 Å². The van der Waals surface area contributed by atoms with Gasteiger partial charge in [0.25, 0.3) is 5.91 Å². The van der Waals surface area contributed by atoms with E-state index in [4.69, 9.17) is 10.7 Å². The molecule has 0 unspecified atom stereocenters. The summed E-state index contributed by atoms with van der Waals surface area (Å²) < 4.78 is 0. The number of carbonyl (C=O) groups is 3. The molecule has 204 valence electrons. The van der Waals surface area contributed by atoms with Gasteiger partial charge in [0.2, 0.25) is 11.8 Å². The van der Waals surface area contributed by atoms with Crippen LogP contribution in [0.15, 0.2) is 30.5 Å². The van der Waals surface area contributed by atoms with E-state index in [0.717, 1.165) is 29.9 Å². The number of aromatic nitrogens is 3. The lowest BCUT2D eigenvalue weighted by molar-refractivity contribution is -0.135. The third-order valence-corrected chi connectivity index (χ3v) is 6.33. The van der Waals surface area contributed by atoms with Gasteiger partial charge in [-0.25, -0.2) is 9.97 Å². The smallest absolute Gasteiger partial charge is 0.271 e. The second kappa shape index (κ2) is 13.1. The number of nitrogens with one attached hydrogen (secondary N) is 2. The highest BCUT2D eigenvalue weighted by molar-refractivity contribution is 5.96. The number of likely N-dealkylation sites (N-methyl/N-ethyl adjacent to an activating group) is 2. The van der Waals surface area contributed by atoms with Crippen LogP contribution in [0.1, 0.15) is 60.2 Å². The van der Waals surface area contributed by atoms with E-state index in [2.05, 4.69) is 20.6 Å². The predicted octanol–water partition coefficient (Wildman–Crippen LogP) is 1.78. The number of nitrogens with two attached hydrogens (primary N) is 1. The average molecular weight is 523 g/mol. The molecule has 38 heavy (non-hydrogen) atoms. The number of pyridine rings is 1. The van der Waals surface area contributed by atoms with Gasteiger partial charge in [-0.1, -0.05) is 13.0 Å². The van der Waals surface area contributed by atoms with E-state index in [-0.39, 0.29) is 17.5 Å². The average Bonchev–Trinajstić information content (AvgIpc) is 3.73. The van der Waals surface area contributed by atoms with Crippen molar-refractivity contribution in [3.8, 4) is 0 Å². The molecule has 0 bridgehead atoms. The van der Waals surface area contributed by atoms with Crippen LogP contribution in [0, 0.1) is 0 Å². The zero-order valence-electron chi connectivity index (χ0n) is 22.8. The molecule has 1 saturated carbocycles. The van der Waals surface area contributed by atoms with Gasteiger partial charge in [-0.05, 0) is 52.4 Å². The molecule has 0 saturated heterocycles. The number of aryl methyl sites for hydroxylation is 1. The minimum atomic E-state index is -0.639. The number of amides is 3. The molecule has 3 rings (SSSR count). The van der Waals surface area contributed by atoms with Gasteiger partial charge in [-0.15, -0.1) is 0 Å². The van der Waals surface area contributed by atoms with E-state index in [0.29, 0.717) is 43.4 Å². The summed E-state index contributed by atoms with van der Waals surface area (Å²) in [4.78, 5) is 53.9. The molecule has 11 nitrogen and oxygen atoms in total. The van der Waals surface area contributed by atoms with Crippen LogP contribution in [0.2, 0.25) is 0 Å². The summed E-state index contributed by atoms with van der Waals surface area (Å²) >= 11 is 0. The van der Waals surface area contributed by atoms with E-state index in [1.54, 1.807) is 32.3 Å². The topological polar surface area (TPSA) is 146 Å². The van der Waals surface area contributed by atoms with Crippen LogP contribution in [0.25, 0.3) is 0 Å². The number of anilines is 2. The van der Waals surface area contributed by atoms with Crippen molar-refractivity contribution in [2.75, 3.05) is 39.5 Å². The molecule has 4 N–H and O–H groups in total. The SMILES string of the molecule is CCc1nc(C(N)=O)c(Nc2ccnc(CCNC(=O)[C@H](C)N(C)C(=O)/C=C/CN(C)C)c2)nc1C1CC1. The van der Waals surface area contributed by atoms with Crippen molar-refractivity contribution in [1.82, 2.24) is 30.1 Å². The summed E-state index contributed by atoms with van der Waals surface area (Å²) in [6, 6.07) is 2.98. The third-order valence-electron chi connectivity index (χ3n) is 6.33. The van der Waals surface area contributed by atoms with E-state index < -0.39 is 11.9 Å². The largest absolute Gasteiger partial charge is 0.364 e. The van der Waals surface area contributed by atoms with Gasteiger partial charge < -0.3 is 26.2 Å². The highest BCUT2D eigenvalue weighted by Crippen LogP contribution is 2.41. The first kappa shape index (κ1) is 28.7. The zero-order valence-corrected chi connectivity index (χ0v) is 22.8.